The van der Waals surface area contributed by atoms with Crippen LogP contribution in [0, 0.1) is 11.8 Å². The Kier molecular flexibility index (Phi) is 9.49. The van der Waals surface area contributed by atoms with E-state index in [9.17, 15) is 0 Å². The Bertz CT molecular complexity index is 235. The van der Waals surface area contributed by atoms with Crippen molar-refractivity contribution in [2.24, 2.45) is 11.8 Å². The number of methoxy groups -OCH3 is 1. The van der Waals surface area contributed by atoms with Gasteiger partial charge >= 0.3 is 0 Å². The third-order valence-electron chi connectivity index (χ3n) is 4.67. The molecule has 0 aromatic heterocycles. The Balaban J connectivity index is 2.47. The van der Waals surface area contributed by atoms with Crippen LogP contribution in [0.15, 0.2) is 0 Å². The summed E-state index contributed by atoms with van der Waals surface area (Å²) in [5.74, 6) is 1.77. The van der Waals surface area contributed by atoms with Gasteiger partial charge in [0.25, 0.3) is 0 Å². The highest BCUT2D eigenvalue weighted by Gasteiger charge is 2.30. The maximum Gasteiger partial charge on any atom is 0.0589 e. The Hall–Kier alpha value is -0.120. The maximum absolute atomic E-state index is 5.20. The zero-order valence-corrected chi connectivity index (χ0v) is 14.2. The van der Waals surface area contributed by atoms with Gasteiger partial charge in [-0.15, -0.1) is 0 Å². The first-order valence-corrected chi connectivity index (χ1v) is 8.62. The van der Waals surface area contributed by atoms with Crippen LogP contribution in [0.3, 0.4) is 0 Å². The SMILES string of the molecule is CCCNC1CCC(CCC)CC1CN(C)CCOC. The number of nitrogens with one attached hydrogen (secondary N) is 1. The molecule has 1 aliphatic rings. The predicted molar refractivity (Wildman–Crippen MR) is 87.2 cm³/mol. The fraction of sp³-hybridized carbons (Fsp3) is 1.00. The molecule has 1 N–H and O–H groups in total. The number of hydrogen-bond donors (Lipinski definition) is 1. The lowest BCUT2D eigenvalue weighted by Gasteiger charge is -2.38. The number of likely N-dealkylation sites (N-methyl/N-ethyl adjacent to an activating group) is 1. The molecule has 3 atom stereocenters. The first-order chi connectivity index (χ1) is 9.71. The van der Waals surface area contributed by atoms with Crippen molar-refractivity contribution in [2.75, 3.05) is 40.4 Å². The number of hydrogen-bond acceptors (Lipinski definition) is 3. The van der Waals surface area contributed by atoms with Crippen molar-refractivity contribution in [1.29, 1.82) is 0 Å². The molecule has 0 radical (unpaired) electrons. The highest BCUT2D eigenvalue weighted by atomic mass is 16.5. The van der Waals surface area contributed by atoms with E-state index in [4.69, 9.17) is 4.74 Å². The molecule has 1 rings (SSSR count). The fourth-order valence-corrected chi connectivity index (χ4v) is 3.57. The van der Waals surface area contributed by atoms with Crippen LogP contribution in [-0.2, 0) is 4.74 Å². The maximum atomic E-state index is 5.20. The minimum atomic E-state index is 0.730. The number of rotatable bonds is 10. The summed E-state index contributed by atoms with van der Waals surface area (Å²) in [6.45, 7) is 8.85. The minimum absolute atomic E-state index is 0.730. The molecule has 1 fully saturated rings. The monoisotopic (exact) mass is 284 g/mol. The van der Waals surface area contributed by atoms with E-state index < -0.39 is 0 Å². The van der Waals surface area contributed by atoms with Crippen LogP contribution in [0.2, 0.25) is 0 Å². The van der Waals surface area contributed by atoms with Gasteiger partial charge in [0, 0.05) is 26.2 Å². The van der Waals surface area contributed by atoms with E-state index in [1.54, 1.807) is 7.11 Å². The van der Waals surface area contributed by atoms with E-state index in [2.05, 4.69) is 31.1 Å². The molecule has 1 saturated carbocycles. The van der Waals surface area contributed by atoms with Gasteiger partial charge < -0.3 is 15.0 Å². The fourth-order valence-electron chi connectivity index (χ4n) is 3.57. The van der Waals surface area contributed by atoms with Crippen molar-refractivity contribution in [3.63, 3.8) is 0 Å². The third kappa shape index (κ3) is 6.55. The van der Waals surface area contributed by atoms with E-state index in [0.717, 1.165) is 31.0 Å². The van der Waals surface area contributed by atoms with Crippen LogP contribution >= 0.6 is 0 Å². The minimum Gasteiger partial charge on any atom is -0.383 e. The highest BCUT2D eigenvalue weighted by molar-refractivity contribution is 4.86. The van der Waals surface area contributed by atoms with Crippen LogP contribution in [0.5, 0.6) is 0 Å². The van der Waals surface area contributed by atoms with Gasteiger partial charge in [0.15, 0.2) is 0 Å². The van der Waals surface area contributed by atoms with Crippen LogP contribution in [-0.4, -0.2) is 51.3 Å². The summed E-state index contributed by atoms with van der Waals surface area (Å²) in [5.41, 5.74) is 0. The van der Waals surface area contributed by atoms with Crippen molar-refractivity contribution in [2.45, 2.75) is 58.4 Å². The van der Waals surface area contributed by atoms with Crippen LogP contribution < -0.4 is 5.32 Å². The van der Waals surface area contributed by atoms with Gasteiger partial charge in [-0.2, -0.15) is 0 Å². The molecule has 0 spiro atoms. The second kappa shape index (κ2) is 10.6. The summed E-state index contributed by atoms with van der Waals surface area (Å²) < 4.78 is 5.20. The quantitative estimate of drug-likeness (QED) is 0.667. The van der Waals surface area contributed by atoms with Crippen LogP contribution in [0.1, 0.15) is 52.4 Å². The Morgan fingerprint density at radius 1 is 1.20 bits per heavy atom. The molecular weight excluding hydrogens is 248 g/mol. The Labute approximate surface area is 126 Å². The smallest absolute Gasteiger partial charge is 0.0589 e. The molecule has 0 saturated heterocycles. The van der Waals surface area contributed by atoms with Gasteiger partial charge in [-0.1, -0.05) is 26.7 Å². The molecule has 0 bridgehead atoms. The molecule has 3 heteroatoms. The van der Waals surface area contributed by atoms with Gasteiger partial charge in [0.2, 0.25) is 0 Å². The highest BCUT2D eigenvalue weighted by Crippen LogP contribution is 2.32. The summed E-state index contributed by atoms with van der Waals surface area (Å²) in [6.07, 6.45) is 8.19. The predicted octanol–water partition coefficient (Wildman–Crippen LogP) is 3.15. The number of nitrogens with zero attached hydrogens (tertiary/aromatic N) is 1. The van der Waals surface area contributed by atoms with E-state index in [-0.39, 0.29) is 0 Å². The van der Waals surface area contributed by atoms with Gasteiger partial charge in [-0.25, -0.2) is 0 Å². The summed E-state index contributed by atoms with van der Waals surface area (Å²) in [7, 11) is 4.02. The Morgan fingerprint density at radius 2 is 2.00 bits per heavy atom. The topological polar surface area (TPSA) is 24.5 Å². The zero-order chi connectivity index (χ0) is 14.8. The van der Waals surface area contributed by atoms with Crippen LogP contribution in [0.25, 0.3) is 0 Å². The zero-order valence-electron chi connectivity index (χ0n) is 14.2. The average molecular weight is 284 g/mol. The summed E-state index contributed by atoms with van der Waals surface area (Å²) in [5, 5.41) is 3.79. The van der Waals surface area contributed by atoms with E-state index in [1.807, 2.05) is 0 Å². The van der Waals surface area contributed by atoms with Gasteiger partial charge in [0.1, 0.15) is 0 Å². The molecule has 20 heavy (non-hydrogen) atoms. The normalized spacial score (nSPS) is 27.1. The summed E-state index contributed by atoms with van der Waals surface area (Å²) >= 11 is 0. The van der Waals surface area contributed by atoms with E-state index in [0.29, 0.717) is 0 Å². The van der Waals surface area contributed by atoms with Gasteiger partial charge in [-0.3, -0.25) is 0 Å². The van der Waals surface area contributed by atoms with Crippen molar-refractivity contribution in [3.8, 4) is 0 Å². The lowest BCUT2D eigenvalue weighted by Crippen LogP contribution is -2.45. The molecule has 3 unspecified atom stereocenters. The molecular formula is C17H36N2O. The number of ether oxygens (including phenoxy) is 1. The van der Waals surface area contributed by atoms with Crippen molar-refractivity contribution in [3.05, 3.63) is 0 Å². The van der Waals surface area contributed by atoms with Crippen molar-refractivity contribution < 1.29 is 4.74 Å². The lowest BCUT2D eigenvalue weighted by molar-refractivity contribution is 0.120. The summed E-state index contributed by atoms with van der Waals surface area (Å²) in [6, 6.07) is 0.730. The van der Waals surface area contributed by atoms with Crippen molar-refractivity contribution >= 4 is 0 Å². The second-order valence-electron chi connectivity index (χ2n) is 6.54. The van der Waals surface area contributed by atoms with Gasteiger partial charge in [0.05, 0.1) is 6.61 Å². The van der Waals surface area contributed by atoms with Crippen LogP contribution in [0.4, 0.5) is 0 Å². The standard InChI is InChI=1S/C17H36N2O/c1-5-7-15-8-9-17(18-10-6-2)16(13-15)14-19(3)11-12-20-4/h15-18H,5-14H2,1-4H3. The Morgan fingerprint density at radius 3 is 2.65 bits per heavy atom. The first-order valence-electron chi connectivity index (χ1n) is 8.62. The van der Waals surface area contributed by atoms with E-state index >= 15 is 0 Å². The molecule has 0 aliphatic heterocycles. The third-order valence-corrected chi connectivity index (χ3v) is 4.67. The van der Waals surface area contributed by atoms with Crippen molar-refractivity contribution in [1.82, 2.24) is 10.2 Å². The molecule has 1 aliphatic carbocycles. The molecule has 0 heterocycles. The summed E-state index contributed by atoms with van der Waals surface area (Å²) in [4.78, 5) is 2.45. The average Bonchev–Trinajstić information content (AvgIpc) is 2.44. The first kappa shape index (κ1) is 17.9. The largest absolute Gasteiger partial charge is 0.383 e. The molecule has 3 nitrogen and oxygen atoms in total. The lowest BCUT2D eigenvalue weighted by atomic mass is 9.76. The second-order valence-corrected chi connectivity index (χ2v) is 6.54. The molecule has 0 aromatic rings. The molecule has 120 valence electrons. The molecule has 0 amide bonds. The van der Waals surface area contributed by atoms with Gasteiger partial charge in [-0.05, 0) is 51.1 Å². The molecule has 0 aromatic carbocycles. The van der Waals surface area contributed by atoms with E-state index in [1.165, 1.54) is 51.6 Å².